The van der Waals surface area contributed by atoms with Gasteiger partial charge >= 0.3 is 0 Å². The fourth-order valence-corrected chi connectivity index (χ4v) is 1.99. The van der Waals surface area contributed by atoms with Crippen LogP contribution >= 0.6 is 0 Å². The number of nitrogens with two attached hydrogens (primary N) is 1. The normalized spacial score (nSPS) is 12.5. The van der Waals surface area contributed by atoms with Crippen LogP contribution in [0.3, 0.4) is 0 Å². The van der Waals surface area contributed by atoms with Crippen molar-refractivity contribution in [2.24, 2.45) is 5.73 Å². The van der Waals surface area contributed by atoms with Crippen molar-refractivity contribution in [3.63, 3.8) is 0 Å². The number of aromatic nitrogens is 5. The molecule has 3 N–H and O–H groups in total. The molecule has 0 spiro atoms. The quantitative estimate of drug-likeness (QED) is 0.749. The molecule has 0 saturated carbocycles. The summed E-state index contributed by atoms with van der Waals surface area (Å²) in [6.07, 6.45) is 3.61. The number of hydrogen-bond donors (Lipinski definition) is 2. The minimum atomic E-state index is -0.321. The van der Waals surface area contributed by atoms with E-state index in [9.17, 15) is 0 Å². The predicted octanol–water partition coefficient (Wildman–Crippen LogP) is 1.41. The van der Waals surface area contributed by atoms with Crippen LogP contribution in [0.15, 0.2) is 42.7 Å². The molecule has 0 saturated heterocycles. The summed E-state index contributed by atoms with van der Waals surface area (Å²) in [5.41, 5.74) is 8.39. The number of nitrogens with zero attached hydrogens (tertiary/aromatic N) is 4. The summed E-state index contributed by atoms with van der Waals surface area (Å²) < 4.78 is 1.78. The van der Waals surface area contributed by atoms with Crippen molar-refractivity contribution in [3.05, 3.63) is 65.5 Å². The van der Waals surface area contributed by atoms with Crippen LogP contribution in [0, 0.1) is 6.92 Å². The summed E-state index contributed by atoms with van der Waals surface area (Å²) in [6, 6.07) is 9.62. The van der Waals surface area contributed by atoms with E-state index < -0.39 is 0 Å². The Morgan fingerprint density at radius 2 is 2.10 bits per heavy atom. The Balaban J connectivity index is 1.77. The molecule has 20 heavy (non-hydrogen) atoms. The molecular weight excluding hydrogens is 252 g/mol. The van der Waals surface area contributed by atoms with E-state index in [2.05, 4.69) is 20.3 Å². The van der Waals surface area contributed by atoms with Crippen LogP contribution in [0.4, 0.5) is 0 Å². The number of hydrogen-bond acceptors (Lipinski definition) is 4. The van der Waals surface area contributed by atoms with Gasteiger partial charge in [0.2, 0.25) is 0 Å². The highest BCUT2D eigenvalue weighted by Gasteiger charge is 2.14. The third-order valence-electron chi connectivity index (χ3n) is 3.13. The Morgan fingerprint density at radius 1 is 1.30 bits per heavy atom. The number of aryl methyl sites for hydroxylation is 1. The van der Waals surface area contributed by atoms with Crippen LogP contribution in [-0.4, -0.2) is 25.0 Å². The molecule has 6 heteroatoms. The van der Waals surface area contributed by atoms with E-state index in [0.717, 1.165) is 11.4 Å². The number of rotatable bonds is 4. The lowest BCUT2D eigenvalue weighted by Gasteiger charge is -2.07. The lowest BCUT2D eigenvalue weighted by molar-refractivity contribution is 0.656. The maximum absolute atomic E-state index is 6.19. The standard InChI is InChI=1S/C14H16N6/c1-10-3-5-11(6-4-10)13(15)14-17-12(18-19-14)9-20-8-2-7-16-20/h2-8,13H,9,15H2,1H3,(H,17,18,19)/t13-/m1/s1. The van der Waals surface area contributed by atoms with Gasteiger partial charge in [-0.2, -0.15) is 10.2 Å². The van der Waals surface area contributed by atoms with E-state index in [-0.39, 0.29) is 6.04 Å². The maximum Gasteiger partial charge on any atom is 0.171 e. The number of benzene rings is 1. The molecular formula is C14H16N6. The molecule has 0 fully saturated rings. The molecule has 102 valence electrons. The van der Waals surface area contributed by atoms with E-state index >= 15 is 0 Å². The second-order valence-electron chi connectivity index (χ2n) is 4.73. The lowest BCUT2D eigenvalue weighted by Crippen LogP contribution is -2.13. The van der Waals surface area contributed by atoms with Gasteiger partial charge in [0.05, 0.1) is 6.04 Å². The van der Waals surface area contributed by atoms with Crippen LogP contribution in [0.2, 0.25) is 0 Å². The van der Waals surface area contributed by atoms with Crippen molar-refractivity contribution in [2.75, 3.05) is 0 Å². The van der Waals surface area contributed by atoms with Crippen molar-refractivity contribution < 1.29 is 0 Å². The zero-order valence-corrected chi connectivity index (χ0v) is 11.2. The Morgan fingerprint density at radius 3 is 2.80 bits per heavy atom. The van der Waals surface area contributed by atoms with Gasteiger partial charge in [-0.3, -0.25) is 9.78 Å². The molecule has 0 aliphatic heterocycles. The maximum atomic E-state index is 6.19. The van der Waals surface area contributed by atoms with Crippen molar-refractivity contribution in [1.29, 1.82) is 0 Å². The third kappa shape index (κ3) is 2.60. The highest BCUT2D eigenvalue weighted by molar-refractivity contribution is 5.27. The smallest absolute Gasteiger partial charge is 0.171 e. The molecule has 3 aromatic rings. The number of aromatic amines is 1. The van der Waals surface area contributed by atoms with Crippen LogP contribution in [0.5, 0.6) is 0 Å². The lowest BCUT2D eigenvalue weighted by atomic mass is 10.1. The third-order valence-corrected chi connectivity index (χ3v) is 3.13. The van der Waals surface area contributed by atoms with Crippen molar-refractivity contribution in [2.45, 2.75) is 19.5 Å². The van der Waals surface area contributed by atoms with Crippen LogP contribution < -0.4 is 5.73 Å². The van der Waals surface area contributed by atoms with Gasteiger partial charge in [-0.25, -0.2) is 4.98 Å². The molecule has 0 radical (unpaired) electrons. The fourth-order valence-electron chi connectivity index (χ4n) is 1.99. The van der Waals surface area contributed by atoms with Gasteiger partial charge in [-0.05, 0) is 18.6 Å². The molecule has 1 atom stereocenters. The molecule has 2 heterocycles. The second kappa shape index (κ2) is 5.26. The zero-order chi connectivity index (χ0) is 13.9. The SMILES string of the molecule is Cc1ccc([C@@H](N)c2n[nH]c(Cn3cccn3)n2)cc1. The zero-order valence-electron chi connectivity index (χ0n) is 11.2. The Labute approximate surface area is 116 Å². The summed E-state index contributed by atoms with van der Waals surface area (Å²) >= 11 is 0. The molecule has 0 aliphatic carbocycles. The molecule has 2 aromatic heterocycles. The molecule has 0 unspecified atom stereocenters. The van der Waals surface area contributed by atoms with Gasteiger partial charge in [-0.15, -0.1) is 0 Å². The van der Waals surface area contributed by atoms with E-state index in [0.29, 0.717) is 12.4 Å². The van der Waals surface area contributed by atoms with Gasteiger partial charge in [0.1, 0.15) is 12.4 Å². The average Bonchev–Trinajstić information content (AvgIpc) is 3.11. The minimum absolute atomic E-state index is 0.321. The van der Waals surface area contributed by atoms with Crippen LogP contribution in [-0.2, 0) is 6.54 Å². The summed E-state index contributed by atoms with van der Waals surface area (Å²) in [5.74, 6) is 1.34. The summed E-state index contributed by atoms with van der Waals surface area (Å²) in [5, 5.41) is 11.2. The van der Waals surface area contributed by atoms with Gasteiger partial charge < -0.3 is 5.73 Å². The summed E-state index contributed by atoms with van der Waals surface area (Å²) in [4.78, 5) is 4.43. The summed E-state index contributed by atoms with van der Waals surface area (Å²) in [6.45, 7) is 2.60. The first kappa shape index (κ1) is 12.6. The first-order valence-corrected chi connectivity index (χ1v) is 6.43. The van der Waals surface area contributed by atoms with Gasteiger partial charge in [0, 0.05) is 12.4 Å². The average molecular weight is 268 g/mol. The van der Waals surface area contributed by atoms with E-state index in [1.54, 1.807) is 10.9 Å². The largest absolute Gasteiger partial charge is 0.318 e. The molecule has 0 aliphatic rings. The topological polar surface area (TPSA) is 85.4 Å². The first-order chi connectivity index (χ1) is 9.72. The van der Waals surface area contributed by atoms with E-state index in [4.69, 9.17) is 5.73 Å². The Kier molecular flexibility index (Phi) is 3.30. The van der Waals surface area contributed by atoms with Crippen LogP contribution in [0.1, 0.15) is 28.8 Å². The predicted molar refractivity (Wildman–Crippen MR) is 74.9 cm³/mol. The van der Waals surface area contributed by atoms with E-state index in [1.165, 1.54) is 5.56 Å². The van der Waals surface area contributed by atoms with Gasteiger partial charge in [0.25, 0.3) is 0 Å². The molecule has 0 amide bonds. The molecule has 0 bridgehead atoms. The van der Waals surface area contributed by atoms with Gasteiger partial charge in [0.15, 0.2) is 5.82 Å². The van der Waals surface area contributed by atoms with Crippen molar-refractivity contribution in [1.82, 2.24) is 25.0 Å². The second-order valence-corrected chi connectivity index (χ2v) is 4.73. The summed E-state index contributed by atoms with van der Waals surface area (Å²) in [7, 11) is 0. The Hall–Kier alpha value is -2.47. The monoisotopic (exact) mass is 268 g/mol. The van der Waals surface area contributed by atoms with Crippen LogP contribution in [0.25, 0.3) is 0 Å². The molecule has 1 aromatic carbocycles. The van der Waals surface area contributed by atoms with Crippen molar-refractivity contribution >= 4 is 0 Å². The fraction of sp³-hybridized carbons (Fsp3) is 0.214. The van der Waals surface area contributed by atoms with E-state index in [1.807, 2.05) is 43.5 Å². The highest BCUT2D eigenvalue weighted by atomic mass is 15.3. The molecule has 6 nitrogen and oxygen atoms in total. The highest BCUT2D eigenvalue weighted by Crippen LogP contribution is 2.16. The van der Waals surface area contributed by atoms with Crippen molar-refractivity contribution in [3.8, 4) is 0 Å². The molecule has 3 rings (SSSR count). The van der Waals surface area contributed by atoms with Gasteiger partial charge in [-0.1, -0.05) is 29.8 Å². The number of H-pyrrole nitrogens is 1. The first-order valence-electron chi connectivity index (χ1n) is 6.43. The Bertz CT molecular complexity index is 668. The number of nitrogens with one attached hydrogen (secondary N) is 1. The minimum Gasteiger partial charge on any atom is -0.318 e.